The van der Waals surface area contributed by atoms with Gasteiger partial charge in [0.2, 0.25) is 5.28 Å². The Morgan fingerprint density at radius 2 is 1.89 bits per heavy atom. The summed E-state index contributed by atoms with van der Waals surface area (Å²) < 4.78 is 5.55. The molecule has 0 aliphatic carbocycles. The van der Waals surface area contributed by atoms with Gasteiger partial charge < -0.3 is 10.1 Å². The highest BCUT2D eigenvalue weighted by molar-refractivity contribution is 6.32. The highest BCUT2D eigenvalue weighted by Gasteiger charge is 2.04. The predicted molar refractivity (Wildman–Crippen MR) is 74.9 cm³/mol. The molecule has 0 unspecified atom stereocenters. The number of hydrogen-bond donors (Lipinski definition) is 1. The van der Waals surface area contributed by atoms with E-state index in [4.69, 9.17) is 27.9 Å². The van der Waals surface area contributed by atoms with Crippen molar-refractivity contribution in [2.75, 3.05) is 18.5 Å². The Labute approximate surface area is 120 Å². The second-order valence-electron chi connectivity index (χ2n) is 3.66. The number of nitrogens with one attached hydrogen (secondary N) is 1. The SMILES string of the molecule is Clc1nnc(Cl)c(NCCCOc2ccccc2)n1. The first-order valence-corrected chi connectivity index (χ1v) is 6.49. The Hall–Kier alpha value is -1.59. The topological polar surface area (TPSA) is 59.9 Å². The average Bonchev–Trinajstić information content (AvgIpc) is 2.43. The van der Waals surface area contributed by atoms with Crippen LogP contribution in [0.3, 0.4) is 0 Å². The van der Waals surface area contributed by atoms with Crippen molar-refractivity contribution in [2.45, 2.75) is 6.42 Å². The molecule has 2 rings (SSSR count). The largest absolute Gasteiger partial charge is 0.494 e. The smallest absolute Gasteiger partial charge is 0.245 e. The monoisotopic (exact) mass is 298 g/mol. The molecular formula is C12H12Cl2N4O. The average molecular weight is 299 g/mol. The maximum Gasteiger partial charge on any atom is 0.245 e. The molecule has 0 fully saturated rings. The lowest BCUT2D eigenvalue weighted by molar-refractivity contribution is 0.315. The Kier molecular flexibility index (Phi) is 5.18. The number of rotatable bonds is 6. The van der Waals surface area contributed by atoms with E-state index >= 15 is 0 Å². The van der Waals surface area contributed by atoms with Crippen molar-refractivity contribution < 1.29 is 4.74 Å². The molecule has 2 aromatic rings. The number of aromatic nitrogens is 3. The minimum atomic E-state index is 0.0624. The Morgan fingerprint density at radius 1 is 1.11 bits per heavy atom. The highest BCUT2D eigenvalue weighted by Crippen LogP contribution is 2.16. The molecule has 0 radical (unpaired) electrons. The molecule has 0 aliphatic rings. The van der Waals surface area contributed by atoms with Gasteiger partial charge in [0.25, 0.3) is 0 Å². The van der Waals surface area contributed by atoms with Gasteiger partial charge in [-0.05, 0) is 30.2 Å². The maximum absolute atomic E-state index is 5.82. The van der Waals surface area contributed by atoms with Crippen LogP contribution >= 0.6 is 23.2 Å². The van der Waals surface area contributed by atoms with E-state index in [-0.39, 0.29) is 10.4 Å². The fourth-order valence-corrected chi connectivity index (χ4v) is 1.66. The normalized spacial score (nSPS) is 10.2. The van der Waals surface area contributed by atoms with Gasteiger partial charge in [0.05, 0.1) is 6.61 Å². The van der Waals surface area contributed by atoms with Crippen molar-refractivity contribution in [3.8, 4) is 5.75 Å². The zero-order valence-corrected chi connectivity index (χ0v) is 11.5. The van der Waals surface area contributed by atoms with Crippen molar-refractivity contribution in [1.82, 2.24) is 15.2 Å². The number of benzene rings is 1. The lowest BCUT2D eigenvalue weighted by Crippen LogP contribution is -2.09. The molecule has 5 nitrogen and oxygen atoms in total. The van der Waals surface area contributed by atoms with Gasteiger partial charge in [-0.2, -0.15) is 4.98 Å². The van der Waals surface area contributed by atoms with Gasteiger partial charge in [-0.1, -0.05) is 29.8 Å². The fraction of sp³-hybridized carbons (Fsp3) is 0.250. The number of ether oxygens (including phenoxy) is 1. The third-order valence-corrected chi connectivity index (χ3v) is 2.66. The summed E-state index contributed by atoms with van der Waals surface area (Å²) in [6.45, 7) is 1.25. The fourth-order valence-electron chi connectivity index (χ4n) is 1.39. The van der Waals surface area contributed by atoms with E-state index in [1.807, 2.05) is 30.3 Å². The molecule has 1 heterocycles. The molecule has 1 N–H and O–H groups in total. The summed E-state index contributed by atoms with van der Waals surface area (Å²) in [4.78, 5) is 3.94. The zero-order chi connectivity index (χ0) is 13.5. The summed E-state index contributed by atoms with van der Waals surface area (Å²) in [5.41, 5.74) is 0. The zero-order valence-electron chi connectivity index (χ0n) is 10.0. The van der Waals surface area contributed by atoms with Gasteiger partial charge in [0.1, 0.15) is 5.75 Å². The lowest BCUT2D eigenvalue weighted by Gasteiger charge is -2.08. The van der Waals surface area contributed by atoms with E-state index in [0.29, 0.717) is 19.0 Å². The van der Waals surface area contributed by atoms with Gasteiger partial charge in [0, 0.05) is 6.54 Å². The highest BCUT2D eigenvalue weighted by atomic mass is 35.5. The third-order valence-electron chi connectivity index (χ3n) is 2.25. The number of halogens is 2. The van der Waals surface area contributed by atoms with Crippen LogP contribution in [0.25, 0.3) is 0 Å². The Balaban J connectivity index is 1.71. The molecule has 0 bridgehead atoms. The van der Waals surface area contributed by atoms with Crippen LogP contribution in [0.15, 0.2) is 30.3 Å². The summed E-state index contributed by atoms with van der Waals surface area (Å²) in [6.07, 6.45) is 0.798. The summed E-state index contributed by atoms with van der Waals surface area (Å²) in [7, 11) is 0. The van der Waals surface area contributed by atoms with Crippen molar-refractivity contribution >= 4 is 29.0 Å². The molecule has 1 aromatic carbocycles. The molecule has 19 heavy (non-hydrogen) atoms. The van der Waals surface area contributed by atoms with E-state index in [1.54, 1.807) is 0 Å². The van der Waals surface area contributed by atoms with Gasteiger partial charge in [-0.25, -0.2) is 0 Å². The quantitative estimate of drug-likeness (QED) is 0.831. The van der Waals surface area contributed by atoms with Gasteiger partial charge >= 0.3 is 0 Å². The van der Waals surface area contributed by atoms with Crippen molar-refractivity contribution in [3.05, 3.63) is 40.8 Å². The van der Waals surface area contributed by atoms with Crippen LogP contribution in [0, 0.1) is 0 Å². The van der Waals surface area contributed by atoms with E-state index < -0.39 is 0 Å². The Bertz CT molecular complexity index is 524. The first-order chi connectivity index (χ1) is 9.25. The van der Waals surface area contributed by atoms with E-state index in [1.165, 1.54) is 0 Å². The minimum Gasteiger partial charge on any atom is -0.494 e. The van der Waals surface area contributed by atoms with E-state index in [9.17, 15) is 0 Å². The first kappa shape index (κ1) is 13.8. The standard InChI is InChI=1S/C12H12Cl2N4O/c13-10-11(16-12(14)18-17-10)15-7-4-8-19-9-5-2-1-3-6-9/h1-3,5-6H,4,7-8H2,(H,15,16,18). The van der Waals surface area contributed by atoms with Crippen molar-refractivity contribution in [1.29, 1.82) is 0 Å². The van der Waals surface area contributed by atoms with Crippen LogP contribution in [-0.4, -0.2) is 28.3 Å². The maximum atomic E-state index is 5.82. The molecule has 100 valence electrons. The number of hydrogen-bond acceptors (Lipinski definition) is 5. The van der Waals surface area contributed by atoms with Crippen LogP contribution in [0.1, 0.15) is 6.42 Å². The van der Waals surface area contributed by atoms with Crippen molar-refractivity contribution in [3.63, 3.8) is 0 Å². The molecule has 7 heteroatoms. The van der Waals surface area contributed by atoms with Crippen LogP contribution in [0.2, 0.25) is 10.4 Å². The second kappa shape index (κ2) is 7.11. The third kappa shape index (κ3) is 4.54. The minimum absolute atomic E-state index is 0.0624. The van der Waals surface area contributed by atoms with Crippen molar-refractivity contribution in [2.24, 2.45) is 0 Å². The summed E-state index contributed by atoms with van der Waals surface area (Å²) >= 11 is 11.4. The van der Waals surface area contributed by atoms with E-state index in [0.717, 1.165) is 12.2 Å². The van der Waals surface area contributed by atoms with Crippen LogP contribution in [-0.2, 0) is 0 Å². The molecular weight excluding hydrogens is 287 g/mol. The van der Waals surface area contributed by atoms with Gasteiger partial charge in [-0.15, -0.1) is 10.2 Å². The second-order valence-corrected chi connectivity index (χ2v) is 4.36. The van der Waals surface area contributed by atoms with E-state index in [2.05, 4.69) is 20.5 Å². The first-order valence-electron chi connectivity index (χ1n) is 5.73. The summed E-state index contributed by atoms with van der Waals surface area (Å²) in [5, 5.41) is 10.5. The lowest BCUT2D eigenvalue weighted by atomic mass is 10.3. The number of para-hydroxylation sites is 1. The van der Waals surface area contributed by atoms with Crippen LogP contribution < -0.4 is 10.1 Å². The van der Waals surface area contributed by atoms with Crippen LogP contribution in [0.4, 0.5) is 5.82 Å². The number of anilines is 1. The molecule has 0 saturated carbocycles. The molecule has 0 atom stereocenters. The molecule has 0 spiro atoms. The molecule has 0 saturated heterocycles. The van der Waals surface area contributed by atoms with Crippen LogP contribution in [0.5, 0.6) is 5.75 Å². The number of nitrogens with zero attached hydrogens (tertiary/aromatic N) is 3. The van der Waals surface area contributed by atoms with Gasteiger partial charge in [-0.3, -0.25) is 0 Å². The molecule has 0 amide bonds. The predicted octanol–water partition coefficient (Wildman–Crippen LogP) is 3.06. The molecule has 0 aliphatic heterocycles. The van der Waals surface area contributed by atoms with Gasteiger partial charge in [0.15, 0.2) is 11.0 Å². The summed E-state index contributed by atoms with van der Waals surface area (Å²) in [5.74, 6) is 1.29. The summed E-state index contributed by atoms with van der Waals surface area (Å²) in [6, 6.07) is 9.64. The Morgan fingerprint density at radius 3 is 2.68 bits per heavy atom. The molecule has 1 aromatic heterocycles.